The Morgan fingerprint density at radius 1 is 1.10 bits per heavy atom. The van der Waals surface area contributed by atoms with Crippen LogP contribution in [-0.4, -0.2) is 12.9 Å². The van der Waals surface area contributed by atoms with Crippen molar-refractivity contribution >= 4 is 44.8 Å². The van der Waals surface area contributed by atoms with E-state index in [2.05, 4.69) is 97.2 Å². The Morgan fingerprint density at radius 3 is 2.65 bits per heavy atom. The van der Waals surface area contributed by atoms with Crippen molar-refractivity contribution in [3.8, 4) is 5.75 Å². The summed E-state index contributed by atoms with van der Waals surface area (Å²) < 4.78 is 6.86. The van der Waals surface area contributed by atoms with Gasteiger partial charge in [-0.05, 0) is 81.4 Å². The SMILES string of the molecule is COc1cc(C2C3=C(CC(C)(C)CC3=O)Nc3ccc4ccccc4c32)cc(I)c1C. The van der Waals surface area contributed by atoms with Crippen LogP contribution in [0.5, 0.6) is 5.75 Å². The first-order chi connectivity index (χ1) is 14.8. The lowest BCUT2D eigenvalue weighted by Crippen LogP contribution is -2.34. The van der Waals surface area contributed by atoms with E-state index in [1.807, 2.05) is 0 Å². The molecule has 0 radical (unpaired) electrons. The van der Waals surface area contributed by atoms with E-state index in [1.54, 1.807) is 7.11 Å². The molecule has 0 spiro atoms. The summed E-state index contributed by atoms with van der Waals surface area (Å²) in [6, 6.07) is 17.1. The first-order valence-corrected chi connectivity index (χ1v) is 11.8. The van der Waals surface area contributed by atoms with Crippen molar-refractivity contribution in [1.82, 2.24) is 0 Å². The van der Waals surface area contributed by atoms with Crippen LogP contribution in [-0.2, 0) is 4.79 Å². The van der Waals surface area contributed by atoms with E-state index in [1.165, 1.54) is 16.3 Å². The second-order valence-electron chi connectivity index (χ2n) is 9.47. The Morgan fingerprint density at radius 2 is 1.87 bits per heavy atom. The molecule has 0 saturated carbocycles. The number of carbonyl (C=O) groups excluding carboxylic acids is 1. The number of methoxy groups -OCH3 is 1. The summed E-state index contributed by atoms with van der Waals surface area (Å²) in [7, 11) is 1.72. The number of hydrogen-bond acceptors (Lipinski definition) is 3. The number of Topliss-reactive ketones (excluding diaryl/α,β-unsaturated/α-hetero) is 1. The minimum atomic E-state index is -0.107. The van der Waals surface area contributed by atoms with Crippen LogP contribution in [0.25, 0.3) is 10.8 Å². The summed E-state index contributed by atoms with van der Waals surface area (Å²) in [4.78, 5) is 13.5. The molecule has 1 heterocycles. The van der Waals surface area contributed by atoms with Crippen molar-refractivity contribution in [2.75, 3.05) is 12.4 Å². The molecule has 31 heavy (non-hydrogen) atoms. The number of halogens is 1. The fraction of sp³-hybridized carbons (Fsp3) is 0.296. The lowest BCUT2D eigenvalue weighted by atomic mass is 9.68. The molecule has 3 aromatic rings. The Hall–Kier alpha value is -2.34. The molecule has 5 rings (SSSR count). The van der Waals surface area contributed by atoms with Gasteiger partial charge in [0.05, 0.1) is 7.11 Å². The van der Waals surface area contributed by atoms with E-state index in [4.69, 9.17) is 4.74 Å². The molecular formula is C27H26INO2. The molecular weight excluding hydrogens is 497 g/mol. The van der Waals surface area contributed by atoms with Crippen molar-refractivity contribution in [2.24, 2.45) is 5.41 Å². The molecule has 0 bridgehead atoms. The van der Waals surface area contributed by atoms with Gasteiger partial charge in [0.1, 0.15) is 5.75 Å². The van der Waals surface area contributed by atoms with Crippen LogP contribution in [0.15, 0.2) is 59.8 Å². The average molecular weight is 523 g/mol. The summed E-state index contributed by atoms with van der Waals surface area (Å²) in [6.45, 7) is 6.44. The number of ether oxygens (including phenoxy) is 1. The quantitative estimate of drug-likeness (QED) is 0.369. The van der Waals surface area contributed by atoms with Gasteiger partial charge in [-0.2, -0.15) is 0 Å². The van der Waals surface area contributed by atoms with E-state index in [0.29, 0.717) is 6.42 Å². The molecule has 1 unspecified atom stereocenters. The molecule has 3 nitrogen and oxygen atoms in total. The van der Waals surface area contributed by atoms with Gasteiger partial charge in [-0.25, -0.2) is 0 Å². The van der Waals surface area contributed by atoms with E-state index in [-0.39, 0.29) is 17.1 Å². The van der Waals surface area contributed by atoms with Gasteiger partial charge in [0, 0.05) is 38.4 Å². The summed E-state index contributed by atoms with van der Waals surface area (Å²) in [5, 5.41) is 6.04. The summed E-state index contributed by atoms with van der Waals surface area (Å²) in [5.41, 5.74) is 6.49. The van der Waals surface area contributed by atoms with Gasteiger partial charge in [0.25, 0.3) is 0 Å². The molecule has 0 amide bonds. The highest BCUT2D eigenvalue weighted by Crippen LogP contribution is 2.51. The predicted octanol–water partition coefficient (Wildman–Crippen LogP) is 6.96. The first-order valence-electron chi connectivity index (χ1n) is 10.7. The third-order valence-electron chi connectivity index (χ3n) is 6.63. The Kier molecular flexibility index (Phi) is 4.88. The number of carbonyl (C=O) groups is 1. The zero-order valence-electron chi connectivity index (χ0n) is 18.3. The van der Waals surface area contributed by atoms with Gasteiger partial charge in [-0.15, -0.1) is 0 Å². The van der Waals surface area contributed by atoms with Crippen molar-refractivity contribution < 1.29 is 9.53 Å². The second kappa shape index (κ2) is 7.37. The van der Waals surface area contributed by atoms with Crippen LogP contribution in [0, 0.1) is 15.9 Å². The fourth-order valence-electron chi connectivity index (χ4n) is 5.19. The minimum absolute atomic E-state index is 0.0405. The van der Waals surface area contributed by atoms with Crippen LogP contribution >= 0.6 is 22.6 Å². The number of benzene rings is 3. The monoisotopic (exact) mass is 523 g/mol. The first kappa shape index (κ1) is 20.6. The van der Waals surface area contributed by atoms with E-state index < -0.39 is 0 Å². The van der Waals surface area contributed by atoms with Gasteiger partial charge < -0.3 is 10.1 Å². The summed E-state index contributed by atoms with van der Waals surface area (Å²) in [6.07, 6.45) is 1.45. The summed E-state index contributed by atoms with van der Waals surface area (Å²) in [5.74, 6) is 1.01. The molecule has 4 heteroatoms. The van der Waals surface area contributed by atoms with Crippen molar-refractivity contribution in [1.29, 1.82) is 0 Å². The predicted molar refractivity (Wildman–Crippen MR) is 135 cm³/mol. The van der Waals surface area contributed by atoms with Gasteiger partial charge in [0.15, 0.2) is 5.78 Å². The maximum Gasteiger partial charge on any atom is 0.162 e. The standard InChI is InChI=1S/C27H26INO2/c1-15-19(28)11-17(12-23(15)31-4)24-25-18-8-6-5-7-16(18)9-10-20(25)29-21-13-27(2,3)14-22(30)26(21)24/h5-12,24,29H,13-14H2,1-4H3. The van der Waals surface area contributed by atoms with Gasteiger partial charge >= 0.3 is 0 Å². The number of fused-ring (bicyclic) bond motifs is 3. The largest absolute Gasteiger partial charge is 0.496 e. The molecule has 0 saturated heterocycles. The van der Waals surface area contributed by atoms with E-state index >= 15 is 0 Å². The van der Waals surface area contributed by atoms with Crippen LogP contribution in [0.3, 0.4) is 0 Å². The molecule has 0 aromatic heterocycles. The highest BCUT2D eigenvalue weighted by Gasteiger charge is 2.41. The van der Waals surface area contributed by atoms with Crippen molar-refractivity contribution in [3.63, 3.8) is 0 Å². The zero-order chi connectivity index (χ0) is 21.9. The maximum atomic E-state index is 13.5. The number of rotatable bonds is 2. The second-order valence-corrected chi connectivity index (χ2v) is 10.6. The van der Waals surface area contributed by atoms with Crippen molar-refractivity contribution in [3.05, 3.63) is 80.1 Å². The highest BCUT2D eigenvalue weighted by atomic mass is 127. The number of nitrogens with one attached hydrogen (secondary N) is 1. The van der Waals surface area contributed by atoms with Gasteiger partial charge in [0.2, 0.25) is 0 Å². The smallest absolute Gasteiger partial charge is 0.162 e. The number of allylic oxidation sites excluding steroid dienone is 2. The zero-order valence-corrected chi connectivity index (χ0v) is 20.5. The van der Waals surface area contributed by atoms with Crippen molar-refractivity contribution in [2.45, 2.75) is 39.5 Å². The third-order valence-corrected chi connectivity index (χ3v) is 7.75. The van der Waals surface area contributed by atoms with Crippen LogP contribution in [0.1, 0.15) is 49.3 Å². The molecule has 0 fully saturated rings. The molecule has 1 aliphatic carbocycles. The molecule has 1 aliphatic heterocycles. The lowest BCUT2D eigenvalue weighted by Gasteiger charge is -2.40. The number of hydrogen-bond donors (Lipinski definition) is 1. The number of anilines is 1. The minimum Gasteiger partial charge on any atom is -0.496 e. The topological polar surface area (TPSA) is 38.3 Å². The van der Waals surface area contributed by atoms with E-state index in [0.717, 1.165) is 43.8 Å². The molecule has 2 aliphatic rings. The molecule has 1 atom stereocenters. The Bertz CT molecular complexity index is 1270. The number of ketones is 1. The molecule has 158 valence electrons. The average Bonchev–Trinajstić information content (AvgIpc) is 2.73. The Balaban J connectivity index is 1.84. The van der Waals surface area contributed by atoms with Gasteiger partial charge in [-0.3, -0.25) is 4.79 Å². The molecule has 3 aromatic carbocycles. The third kappa shape index (κ3) is 3.36. The lowest BCUT2D eigenvalue weighted by molar-refractivity contribution is -0.118. The maximum absolute atomic E-state index is 13.5. The van der Waals surface area contributed by atoms with E-state index in [9.17, 15) is 4.79 Å². The van der Waals surface area contributed by atoms with Crippen LogP contribution in [0.2, 0.25) is 0 Å². The fourth-order valence-corrected chi connectivity index (χ4v) is 5.81. The van der Waals surface area contributed by atoms with Gasteiger partial charge in [-0.1, -0.05) is 44.2 Å². The van der Waals surface area contributed by atoms with Crippen LogP contribution in [0.4, 0.5) is 5.69 Å². The van der Waals surface area contributed by atoms with Crippen LogP contribution < -0.4 is 10.1 Å². The normalized spacial score (nSPS) is 19.6. The highest BCUT2D eigenvalue weighted by molar-refractivity contribution is 14.1. The Labute approximate surface area is 197 Å². The summed E-state index contributed by atoms with van der Waals surface area (Å²) >= 11 is 2.37. The molecule has 1 N–H and O–H groups in total.